The fourth-order valence-corrected chi connectivity index (χ4v) is 10.5. The van der Waals surface area contributed by atoms with E-state index in [0.717, 1.165) is 56.9 Å². The summed E-state index contributed by atoms with van der Waals surface area (Å²) < 4.78 is 18.6. The van der Waals surface area contributed by atoms with Crippen molar-refractivity contribution in [3.05, 3.63) is 36.0 Å². The largest absolute Gasteiger partial charge is 0.458 e. The monoisotopic (exact) mass is 725 g/mol. The van der Waals surface area contributed by atoms with Crippen molar-refractivity contribution in [2.45, 2.75) is 194 Å². The van der Waals surface area contributed by atoms with Crippen molar-refractivity contribution in [1.29, 1.82) is 0 Å². The number of aliphatic hydroxyl groups excluding tert-OH is 1. The predicted molar refractivity (Wildman–Crippen MR) is 208 cm³/mol. The van der Waals surface area contributed by atoms with Gasteiger partial charge in [0.1, 0.15) is 0 Å². The highest BCUT2D eigenvalue weighted by molar-refractivity contribution is 6.01. The van der Waals surface area contributed by atoms with E-state index in [9.17, 15) is 19.5 Å². The van der Waals surface area contributed by atoms with E-state index < -0.39 is 29.5 Å². The molecular weight excluding hydrogens is 652 g/mol. The second kappa shape index (κ2) is 20.0. The maximum atomic E-state index is 14.2. The van der Waals surface area contributed by atoms with Gasteiger partial charge in [-0.3, -0.25) is 14.4 Å². The molecule has 5 rings (SSSR count). The zero-order valence-electron chi connectivity index (χ0n) is 33.6. The lowest BCUT2D eigenvalue weighted by Crippen LogP contribution is -2.63. The van der Waals surface area contributed by atoms with Gasteiger partial charge < -0.3 is 19.3 Å². The molecule has 7 heteroatoms. The Kier molecular flexibility index (Phi) is 16.4. The van der Waals surface area contributed by atoms with Gasteiger partial charge in [-0.15, -0.1) is 0 Å². The minimum Gasteiger partial charge on any atom is -0.458 e. The van der Waals surface area contributed by atoms with Gasteiger partial charge in [-0.2, -0.15) is 0 Å². The molecule has 0 amide bonds. The summed E-state index contributed by atoms with van der Waals surface area (Å²) in [5.41, 5.74) is -1.19. The molecule has 294 valence electrons. The van der Waals surface area contributed by atoms with Crippen LogP contribution in [0, 0.1) is 28.6 Å². The SMILES string of the molecule is CC/C=C/CCCCCCCC.CCCCCCCC(=O)OCC(=O)[C@@]12OC(CCC)O[C@@H]1CC1C3CCC4=CC(=O)C=CC4(C)C3C(O)CC12C. The number of carbonyl (C=O) groups excluding carboxylic acids is 3. The second-order valence-electron chi connectivity index (χ2n) is 16.8. The molecule has 0 spiro atoms. The van der Waals surface area contributed by atoms with Gasteiger partial charge in [0.05, 0.1) is 12.2 Å². The number of hydrogen-bond donors (Lipinski definition) is 1. The number of ketones is 2. The third-order valence-electron chi connectivity index (χ3n) is 13.2. The molecule has 0 radical (unpaired) electrons. The molecule has 9 atom stereocenters. The van der Waals surface area contributed by atoms with Gasteiger partial charge in [-0.05, 0) is 81.8 Å². The van der Waals surface area contributed by atoms with Crippen LogP contribution in [0.5, 0.6) is 0 Å². The molecule has 1 N–H and O–H groups in total. The molecule has 0 aromatic heterocycles. The van der Waals surface area contributed by atoms with Crippen molar-refractivity contribution in [3.63, 3.8) is 0 Å². The van der Waals surface area contributed by atoms with Crippen molar-refractivity contribution < 1.29 is 33.7 Å². The van der Waals surface area contributed by atoms with Gasteiger partial charge >= 0.3 is 5.97 Å². The number of Topliss-reactive ketones (excluding diaryl/α,β-unsaturated/α-hetero) is 1. The van der Waals surface area contributed by atoms with Gasteiger partial charge in [-0.1, -0.05) is 130 Å². The smallest absolute Gasteiger partial charge is 0.306 e. The standard InChI is InChI=1S/C33H48O7.C12H24/c1-5-7-8-9-10-12-28(37)38-20-26(36)33-27(39-29(40-33)11-6-2)18-24-23-14-13-21-17-22(34)15-16-31(21,3)30(23)25(35)19-32(24,33)4;1-3-5-7-9-11-12-10-8-6-4-2/h15-17,23-25,27,29-30,35H,5-14,18-20H2,1-4H3;5,7H,3-4,6,8-12H2,1-2H3/b;7-5+/t23?,24?,25?,27-,29?,30?,31?,32?,33-;/m1./s1. The Bertz CT molecular complexity index is 1270. The van der Waals surface area contributed by atoms with E-state index in [1.807, 2.05) is 6.08 Å². The summed E-state index contributed by atoms with van der Waals surface area (Å²) in [7, 11) is 0. The Labute approximate surface area is 315 Å². The molecule has 5 aliphatic rings. The Morgan fingerprint density at radius 2 is 1.63 bits per heavy atom. The molecule has 4 fully saturated rings. The first-order chi connectivity index (χ1) is 25.0. The molecule has 0 aromatic rings. The normalized spacial score (nSPS) is 34.5. The van der Waals surface area contributed by atoms with Crippen molar-refractivity contribution >= 4 is 17.5 Å². The van der Waals surface area contributed by atoms with E-state index in [-0.39, 0.29) is 47.3 Å². The van der Waals surface area contributed by atoms with Gasteiger partial charge in [0, 0.05) is 23.2 Å². The van der Waals surface area contributed by atoms with E-state index >= 15 is 0 Å². The molecule has 7 unspecified atom stereocenters. The Balaban J connectivity index is 0.000000434. The predicted octanol–water partition coefficient (Wildman–Crippen LogP) is 10.3. The first-order valence-corrected chi connectivity index (χ1v) is 21.3. The highest BCUT2D eigenvalue weighted by Crippen LogP contribution is 2.69. The van der Waals surface area contributed by atoms with Crippen LogP contribution in [-0.4, -0.2) is 53.3 Å². The van der Waals surface area contributed by atoms with Crippen LogP contribution >= 0.6 is 0 Å². The summed E-state index contributed by atoms with van der Waals surface area (Å²) in [6.45, 7) is 12.6. The number of esters is 1. The van der Waals surface area contributed by atoms with Crippen LogP contribution in [0.4, 0.5) is 0 Å². The summed E-state index contributed by atoms with van der Waals surface area (Å²) in [4.78, 5) is 38.8. The number of unbranched alkanes of at least 4 members (excludes halogenated alkanes) is 10. The highest BCUT2D eigenvalue weighted by atomic mass is 16.7. The quantitative estimate of drug-likeness (QED) is 0.0804. The van der Waals surface area contributed by atoms with E-state index in [2.05, 4.69) is 53.7 Å². The molecule has 1 saturated heterocycles. The zero-order valence-corrected chi connectivity index (χ0v) is 33.6. The van der Waals surface area contributed by atoms with Crippen molar-refractivity contribution in [3.8, 4) is 0 Å². The average molecular weight is 725 g/mol. The fraction of sp³-hybridized carbons (Fsp3) is 0.800. The lowest BCUT2D eigenvalue weighted by atomic mass is 9.46. The van der Waals surface area contributed by atoms with Gasteiger partial charge in [-0.25, -0.2) is 0 Å². The summed E-state index contributed by atoms with van der Waals surface area (Å²) >= 11 is 0. The molecule has 0 bridgehead atoms. The van der Waals surface area contributed by atoms with Crippen molar-refractivity contribution in [2.24, 2.45) is 28.6 Å². The first-order valence-electron chi connectivity index (χ1n) is 21.3. The molecular formula is C45H72O7. The van der Waals surface area contributed by atoms with E-state index in [4.69, 9.17) is 14.2 Å². The number of fused-ring (bicyclic) bond motifs is 7. The van der Waals surface area contributed by atoms with Crippen LogP contribution in [0.15, 0.2) is 36.0 Å². The topological polar surface area (TPSA) is 99.1 Å². The van der Waals surface area contributed by atoms with Gasteiger partial charge in [0.25, 0.3) is 0 Å². The number of hydrogen-bond acceptors (Lipinski definition) is 7. The van der Waals surface area contributed by atoms with E-state index in [0.29, 0.717) is 25.7 Å². The fourth-order valence-electron chi connectivity index (χ4n) is 10.5. The van der Waals surface area contributed by atoms with E-state index in [1.54, 1.807) is 12.2 Å². The lowest BCUT2D eigenvalue weighted by molar-refractivity contribution is -0.201. The third kappa shape index (κ3) is 9.40. The number of allylic oxidation sites excluding steroid dienone is 6. The Morgan fingerprint density at radius 1 is 0.942 bits per heavy atom. The summed E-state index contributed by atoms with van der Waals surface area (Å²) in [5, 5.41) is 11.8. The van der Waals surface area contributed by atoms with Crippen LogP contribution in [0.2, 0.25) is 0 Å². The van der Waals surface area contributed by atoms with Gasteiger partial charge in [0.2, 0.25) is 5.78 Å². The summed E-state index contributed by atoms with van der Waals surface area (Å²) in [6.07, 6.45) is 29.1. The lowest BCUT2D eigenvalue weighted by Gasteiger charge is -2.59. The minimum absolute atomic E-state index is 0.0142. The molecule has 4 aliphatic carbocycles. The summed E-state index contributed by atoms with van der Waals surface area (Å²) in [5.74, 6) is -0.346. The number of ether oxygens (including phenoxy) is 3. The average Bonchev–Trinajstić information content (AvgIpc) is 3.60. The Hall–Kier alpha value is -2.09. The van der Waals surface area contributed by atoms with Crippen LogP contribution in [0.3, 0.4) is 0 Å². The number of aliphatic hydroxyl groups is 1. The maximum Gasteiger partial charge on any atom is 0.306 e. The first kappa shape index (κ1) is 42.6. The molecule has 1 aliphatic heterocycles. The summed E-state index contributed by atoms with van der Waals surface area (Å²) in [6, 6.07) is 0. The number of rotatable bonds is 19. The molecule has 52 heavy (non-hydrogen) atoms. The zero-order chi connectivity index (χ0) is 37.8. The van der Waals surface area contributed by atoms with E-state index in [1.165, 1.54) is 51.4 Å². The highest BCUT2D eigenvalue weighted by Gasteiger charge is 2.75. The van der Waals surface area contributed by atoms with Crippen LogP contribution < -0.4 is 0 Å². The van der Waals surface area contributed by atoms with Gasteiger partial charge in [0.15, 0.2) is 24.3 Å². The molecule has 3 saturated carbocycles. The minimum atomic E-state index is -1.25. The number of carbonyl (C=O) groups is 3. The van der Waals surface area contributed by atoms with Crippen molar-refractivity contribution in [1.82, 2.24) is 0 Å². The molecule has 7 nitrogen and oxygen atoms in total. The molecule has 1 heterocycles. The van der Waals surface area contributed by atoms with Crippen LogP contribution in [0.1, 0.15) is 170 Å². The maximum absolute atomic E-state index is 14.2. The van der Waals surface area contributed by atoms with Crippen LogP contribution in [0.25, 0.3) is 0 Å². The third-order valence-corrected chi connectivity index (χ3v) is 13.2. The van der Waals surface area contributed by atoms with Crippen LogP contribution in [-0.2, 0) is 28.6 Å². The second-order valence-corrected chi connectivity index (χ2v) is 16.8. The Morgan fingerprint density at radius 3 is 2.33 bits per heavy atom. The molecule has 0 aromatic carbocycles. The van der Waals surface area contributed by atoms with Crippen molar-refractivity contribution in [2.75, 3.05) is 6.61 Å².